The van der Waals surface area contributed by atoms with Crippen molar-refractivity contribution in [1.82, 2.24) is 10.0 Å². The molecule has 1 rings (SSSR count). The van der Waals surface area contributed by atoms with Crippen LogP contribution in [0.2, 0.25) is 0 Å². The number of hydrogen-bond donors (Lipinski definition) is 2. The van der Waals surface area contributed by atoms with Crippen LogP contribution in [0.5, 0.6) is 0 Å². The van der Waals surface area contributed by atoms with Crippen molar-refractivity contribution in [2.24, 2.45) is 5.41 Å². The third-order valence-corrected chi connectivity index (χ3v) is 4.60. The summed E-state index contributed by atoms with van der Waals surface area (Å²) in [6.07, 6.45) is 1.93. The molecule has 20 heavy (non-hydrogen) atoms. The zero-order chi connectivity index (χ0) is 15.2. The first-order valence-electron chi connectivity index (χ1n) is 7.10. The molecular formula is C14H26N2O3S. The van der Waals surface area contributed by atoms with Crippen molar-refractivity contribution in [2.75, 3.05) is 13.1 Å². The maximum Gasteiger partial charge on any atom is 0.273 e. The first-order chi connectivity index (χ1) is 9.30. The van der Waals surface area contributed by atoms with Crippen LogP contribution < -0.4 is 10.0 Å². The fourth-order valence-corrected chi connectivity index (χ4v) is 2.66. The molecule has 0 fully saturated rings. The van der Waals surface area contributed by atoms with E-state index in [1.165, 1.54) is 6.07 Å². The van der Waals surface area contributed by atoms with E-state index < -0.39 is 10.0 Å². The Balaban J connectivity index is 2.64. The van der Waals surface area contributed by atoms with Crippen molar-refractivity contribution in [3.05, 3.63) is 17.9 Å². The Kier molecular flexibility index (Phi) is 6.23. The monoisotopic (exact) mass is 302 g/mol. The molecular weight excluding hydrogens is 276 g/mol. The molecule has 1 heterocycles. The van der Waals surface area contributed by atoms with Crippen LogP contribution in [0.3, 0.4) is 0 Å². The van der Waals surface area contributed by atoms with Gasteiger partial charge in [0, 0.05) is 6.54 Å². The smallest absolute Gasteiger partial charge is 0.273 e. The molecule has 0 amide bonds. The second kappa shape index (κ2) is 7.24. The van der Waals surface area contributed by atoms with Crippen LogP contribution in [0.1, 0.15) is 46.3 Å². The largest absolute Gasteiger partial charge is 0.447 e. The van der Waals surface area contributed by atoms with E-state index in [-0.39, 0.29) is 10.5 Å². The Labute approximate surface area is 122 Å². The average Bonchev–Trinajstić information content (AvgIpc) is 2.87. The van der Waals surface area contributed by atoms with Gasteiger partial charge in [-0.15, -0.1) is 0 Å². The minimum Gasteiger partial charge on any atom is -0.447 e. The number of nitrogens with one attached hydrogen (secondary N) is 2. The van der Waals surface area contributed by atoms with Crippen molar-refractivity contribution in [1.29, 1.82) is 0 Å². The molecule has 0 saturated carbocycles. The molecule has 0 saturated heterocycles. The zero-order valence-electron chi connectivity index (χ0n) is 12.8. The summed E-state index contributed by atoms with van der Waals surface area (Å²) >= 11 is 0. The van der Waals surface area contributed by atoms with Crippen LogP contribution in [0.4, 0.5) is 0 Å². The number of sulfonamides is 1. The Morgan fingerprint density at radius 2 is 1.95 bits per heavy atom. The van der Waals surface area contributed by atoms with Gasteiger partial charge < -0.3 is 9.73 Å². The average molecular weight is 302 g/mol. The highest BCUT2D eigenvalue weighted by Crippen LogP contribution is 2.20. The fourth-order valence-electron chi connectivity index (χ4n) is 1.47. The molecule has 0 aliphatic heterocycles. The van der Waals surface area contributed by atoms with E-state index in [0.29, 0.717) is 18.8 Å². The standard InChI is InChI=1S/C14H26N2O3S/c1-5-9-15-10-12-7-8-13(19-12)20(17,18)16-11-14(3,4)6-2/h7-8,15-16H,5-6,9-11H2,1-4H3. The highest BCUT2D eigenvalue weighted by molar-refractivity contribution is 7.89. The van der Waals surface area contributed by atoms with E-state index in [9.17, 15) is 8.42 Å². The molecule has 0 aliphatic carbocycles. The molecule has 0 atom stereocenters. The highest BCUT2D eigenvalue weighted by atomic mass is 32.2. The topological polar surface area (TPSA) is 71.3 Å². The van der Waals surface area contributed by atoms with E-state index >= 15 is 0 Å². The summed E-state index contributed by atoms with van der Waals surface area (Å²) in [7, 11) is -3.56. The normalized spacial score (nSPS) is 12.8. The maximum absolute atomic E-state index is 12.1. The maximum atomic E-state index is 12.1. The number of hydrogen-bond acceptors (Lipinski definition) is 4. The molecule has 0 aliphatic rings. The van der Waals surface area contributed by atoms with Gasteiger partial charge in [0.15, 0.2) is 0 Å². The first kappa shape index (κ1) is 17.2. The second-order valence-corrected chi connectivity index (χ2v) is 7.44. The lowest BCUT2D eigenvalue weighted by Gasteiger charge is -2.22. The van der Waals surface area contributed by atoms with Crippen molar-refractivity contribution in [3.63, 3.8) is 0 Å². The lowest BCUT2D eigenvalue weighted by molar-refractivity contribution is 0.345. The molecule has 5 nitrogen and oxygen atoms in total. The molecule has 1 aromatic heterocycles. The molecule has 6 heteroatoms. The van der Waals surface area contributed by atoms with Crippen LogP contribution in [-0.2, 0) is 16.6 Å². The Morgan fingerprint density at radius 1 is 1.25 bits per heavy atom. The highest BCUT2D eigenvalue weighted by Gasteiger charge is 2.23. The van der Waals surface area contributed by atoms with Crippen molar-refractivity contribution >= 4 is 10.0 Å². The Bertz CT molecular complexity index is 506. The summed E-state index contributed by atoms with van der Waals surface area (Å²) in [5.74, 6) is 0.633. The van der Waals surface area contributed by atoms with Gasteiger partial charge in [0.1, 0.15) is 5.76 Å². The van der Waals surface area contributed by atoms with Gasteiger partial charge in [0.25, 0.3) is 10.0 Å². The van der Waals surface area contributed by atoms with Crippen LogP contribution in [0, 0.1) is 5.41 Å². The molecule has 1 aromatic rings. The summed E-state index contributed by atoms with van der Waals surface area (Å²) in [6, 6.07) is 3.20. The van der Waals surface area contributed by atoms with Gasteiger partial charge in [0.05, 0.1) is 6.54 Å². The minimum atomic E-state index is -3.56. The SMILES string of the molecule is CCCNCc1ccc(S(=O)(=O)NCC(C)(C)CC)o1. The predicted molar refractivity (Wildman–Crippen MR) is 80.0 cm³/mol. The summed E-state index contributed by atoms with van der Waals surface area (Å²) in [6.45, 7) is 9.99. The summed E-state index contributed by atoms with van der Waals surface area (Å²) in [5.41, 5.74) is -0.0643. The van der Waals surface area contributed by atoms with E-state index in [1.807, 2.05) is 20.8 Å². The quantitative estimate of drug-likeness (QED) is 0.688. The third kappa shape index (κ3) is 5.26. The molecule has 0 aromatic carbocycles. The van der Waals surface area contributed by atoms with Crippen molar-refractivity contribution in [3.8, 4) is 0 Å². The number of furan rings is 1. The third-order valence-electron chi connectivity index (χ3n) is 3.33. The molecule has 0 unspecified atom stereocenters. The molecule has 2 N–H and O–H groups in total. The Morgan fingerprint density at radius 3 is 2.55 bits per heavy atom. The van der Waals surface area contributed by atoms with Crippen LogP contribution in [0.15, 0.2) is 21.6 Å². The van der Waals surface area contributed by atoms with Crippen LogP contribution >= 0.6 is 0 Å². The lowest BCUT2D eigenvalue weighted by Crippen LogP contribution is -2.33. The van der Waals surface area contributed by atoms with Gasteiger partial charge in [-0.25, -0.2) is 13.1 Å². The van der Waals surface area contributed by atoms with Crippen molar-refractivity contribution in [2.45, 2.75) is 52.2 Å². The lowest BCUT2D eigenvalue weighted by atomic mass is 9.91. The first-order valence-corrected chi connectivity index (χ1v) is 8.58. The zero-order valence-corrected chi connectivity index (χ0v) is 13.6. The molecule has 0 bridgehead atoms. The fraction of sp³-hybridized carbons (Fsp3) is 0.714. The minimum absolute atomic E-state index is 0.0160. The van der Waals surface area contributed by atoms with E-state index in [2.05, 4.69) is 17.0 Å². The van der Waals surface area contributed by atoms with Crippen LogP contribution in [0.25, 0.3) is 0 Å². The summed E-state index contributed by atoms with van der Waals surface area (Å²) in [4.78, 5) is 0. The Hall–Kier alpha value is -0.850. The van der Waals surface area contributed by atoms with Gasteiger partial charge >= 0.3 is 0 Å². The molecule has 0 radical (unpaired) electrons. The van der Waals surface area contributed by atoms with Gasteiger partial charge in [-0.2, -0.15) is 0 Å². The van der Waals surface area contributed by atoms with Gasteiger partial charge in [-0.1, -0.05) is 27.7 Å². The van der Waals surface area contributed by atoms with E-state index in [0.717, 1.165) is 19.4 Å². The van der Waals surface area contributed by atoms with Crippen LogP contribution in [-0.4, -0.2) is 21.5 Å². The van der Waals surface area contributed by atoms with E-state index in [1.54, 1.807) is 6.07 Å². The predicted octanol–water partition coefficient (Wildman–Crippen LogP) is 2.49. The van der Waals surface area contributed by atoms with Gasteiger partial charge in [-0.05, 0) is 36.9 Å². The molecule has 0 spiro atoms. The summed E-state index contributed by atoms with van der Waals surface area (Å²) in [5, 5.41) is 3.16. The second-order valence-electron chi connectivity index (χ2n) is 5.74. The van der Waals surface area contributed by atoms with E-state index in [4.69, 9.17) is 4.42 Å². The van der Waals surface area contributed by atoms with Gasteiger partial charge in [0.2, 0.25) is 5.09 Å². The molecule has 116 valence electrons. The number of rotatable bonds is 9. The summed E-state index contributed by atoms with van der Waals surface area (Å²) < 4.78 is 32.2. The van der Waals surface area contributed by atoms with Gasteiger partial charge in [-0.3, -0.25) is 0 Å². The van der Waals surface area contributed by atoms with Crippen molar-refractivity contribution < 1.29 is 12.8 Å².